The molecule has 4 nitrogen and oxygen atoms in total. The summed E-state index contributed by atoms with van der Waals surface area (Å²) >= 11 is 0. The van der Waals surface area contributed by atoms with Crippen molar-refractivity contribution in [2.75, 3.05) is 6.61 Å². The molecule has 90 valence electrons. The molecule has 4 N–H and O–H groups in total. The summed E-state index contributed by atoms with van der Waals surface area (Å²) in [5, 5.41) is 37.2. The Hall–Kier alpha value is -0.940. The fraction of sp³-hybridized carbons (Fsp3) is 0.500. The number of hydrogen-bond donors (Lipinski definition) is 4. The Bertz CT molecular complexity index is 338. The number of aliphatic hydroxyl groups excluding tert-OH is 4. The van der Waals surface area contributed by atoms with Gasteiger partial charge in [0.15, 0.2) is 0 Å². The highest BCUT2D eigenvalue weighted by molar-refractivity contribution is 5.35. The minimum Gasteiger partial charge on any atom is -0.396 e. The van der Waals surface area contributed by atoms with E-state index in [0.29, 0.717) is 5.56 Å². The standard InChI is InChI=1S/C12H18O4/c1-8-9(7-14)3-2-4-10(8)12(16)11(15)5-6-13/h2-4,11-16H,5-7H2,1H3. The van der Waals surface area contributed by atoms with Gasteiger partial charge in [0.1, 0.15) is 6.10 Å². The van der Waals surface area contributed by atoms with Gasteiger partial charge in [0.2, 0.25) is 0 Å². The quantitative estimate of drug-likeness (QED) is 0.580. The van der Waals surface area contributed by atoms with Crippen LogP contribution in [0.1, 0.15) is 29.2 Å². The van der Waals surface area contributed by atoms with Crippen LogP contribution in [0, 0.1) is 6.92 Å². The van der Waals surface area contributed by atoms with E-state index in [1.54, 1.807) is 25.1 Å². The Morgan fingerprint density at radius 2 is 1.88 bits per heavy atom. The van der Waals surface area contributed by atoms with Gasteiger partial charge in [0.05, 0.1) is 12.7 Å². The van der Waals surface area contributed by atoms with E-state index in [4.69, 9.17) is 10.2 Å². The first kappa shape index (κ1) is 13.1. The van der Waals surface area contributed by atoms with Crippen LogP contribution in [-0.2, 0) is 6.61 Å². The Labute approximate surface area is 94.8 Å². The lowest BCUT2D eigenvalue weighted by Gasteiger charge is -2.20. The van der Waals surface area contributed by atoms with E-state index in [1.807, 2.05) is 0 Å². The summed E-state index contributed by atoms with van der Waals surface area (Å²) in [7, 11) is 0. The van der Waals surface area contributed by atoms with Gasteiger partial charge in [0.25, 0.3) is 0 Å². The van der Waals surface area contributed by atoms with Crippen LogP contribution in [0.15, 0.2) is 18.2 Å². The second-order valence-corrected chi connectivity index (χ2v) is 3.81. The molecule has 0 aliphatic rings. The predicted molar refractivity (Wildman–Crippen MR) is 59.8 cm³/mol. The Morgan fingerprint density at radius 3 is 2.44 bits per heavy atom. The van der Waals surface area contributed by atoms with Crippen LogP contribution in [0.3, 0.4) is 0 Å². The number of hydrogen-bond acceptors (Lipinski definition) is 4. The highest BCUT2D eigenvalue weighted by Crippen LogP contribution is 2.24. The van der Waals surface area contributed by atoms with Crippen molar-refractivity contribution in [3.8, 4) is 0 Å². The minimum absolute atomic E-state index is 0.0948. The van der Waals surface area contributed by atoms with Crippen LogP contribution in [0.5, 0.6) is 0 Å². The second kappa shape index (κ2) is 5.96. The molecule has 1 rings (SSSR count). The van der Waals surface area contributed by atoms with Crippen LogP contribution in [0.4, 0.5) is 0 Å². The normalized spacial score (nSPS) is 14.8. The molecule has 0 aliphatic carbocycles. The molecular formula is C12H18O4. The third kappa shape index (κ3) is 2.80. The topological polar surface area (TPSA) is 80.9 Å². The van der Waals surface area contributed by atoms with Gasteiger partial charge in [-0.1, -0.05) is 18.2 Å². The molecule has 0 aromatic heterocycles. The lowest BCUT2D eigenvalue weighted by atomic mass is 9.95. The van der Waals surface area contributed by atoms with Gasteiger partial charge < -0.3 is 20.4 Å². The summed E-state index contributed by atoms with van der Waals surface area (Å²) in [5.74, 6) is 0. The Kier molecular flexibility index (Phi) is 4.89. The maximum Gasteiger partial charge on any atom is 0.105 e. The summed E-state index contributed by atoms with van der Waals surface area (Å²) in [4.78, 5) is 0. The summed E-state index contributed by atoms with van der Waals surface area (Å²) in [6.07, 6.45) is -1.89. The van der Waals surface area contributed by atoms with Crippen molar-refractivity contribution in [3.05, 3.63) is 34.9 Å². The summed E-state index contributed by atoms with van der Waals surface area (Å²) in [6, 6.07) is 5.20. The van der Waals surface area contributed by atoms with Crippen molar-refractivity contribution in [2.24, 2.45) is 0 Å². The van der Waals surface area contributed by atoms with Crippen molar-refractivity contribution in [1.29, 1.82) is 0 Å². The highest BCUT2D eigenvalue weighted by atomic mass is 16.3. The van der Waals surface area contributed by atoms with E-state index in [9.17, 15) is 10.2 Å². The number of rotatable bonds is 5. The van der Waals surface area contributed by atoms with Crippen LogP contribution >= 0.6 is 0 Å². The minimum atomic E-state index is -1.03. The van der Waals surface area contributed by atoms with Crippen molar-refractivity contribution >= 4 is 0 Å². The predicted octanol–water partition coefficient (Wildman–Crippen LogP) is 0.264. The molecule has 0 heterocycles. The molecule has 0 aliphatic heterocycles. The van der Waals surface area contributed by atoms with Gasteiger partial charge in [-0.25, -0.2) is 0 Å². The molecule has 0 saturated heterocycles. The van der Waals surface area contributed by atoms with Gasteiger partial charge >= 0.3 is 0 Å². The highest BCUT2D eigenvalue weighted by Gasteiger charge is 2.20. The van der Waals surface area contributed by atoms with Crippen molar-refractivity contribution in [2.45, 2.75) is 32.2 Å². The fourth-order valence-electron chi connectivity index (χ4n) is 1.69. The van der Waals surface area contributed by atoms with Crippen LogP contribution in [0.25, 0.3) is 0 Å². The van der Waals surface area contributed by atoms with E-state index in [-0.39, 0.29) is 19.6 Å². The summed E-state index contributed by atoms with van der Waals surface area (Å²) in [5.41, 5.74) is 2.09. The zero-order valence-electron chi connectivity index (χ0n) is 9.30. The first-order valence-electron chi connectivity index (χ1n) is 5.28. The molecule has 0 fully saturated rings. The molecule has 0 saturated carbocycles. The van der Waals surface area contributed by atoms with E-state index in [0.717, 1.165) is 11.1 Å². The van der Waals surface area contributed by atoms with Crippen molar-refractivity contribution in [1.82, 2.24) is 0 Å². The van der Waals surface area contributed by atoms with E-state index < -0.39 is 12.2 Å². The van der Waals surface area contributed by atoms with Gasteiger partial charge in [0, 0.05) is 6.61 Å². The summed E-state index contributed by atoms with van der Waals surface area (Å²) < 4.78 is 0. The Morgan fingerprint density at radius 1 is 1.19 bits per heavy atom. The fourth-order valence-corrected chi connectivity index (χ4v) is 1.69. The van der Waals surface area contributed by atoms with Crippen LogP contribution < -0.4 is 0 Å². The first-order valence-corrected chi connectivity index (χ1v) is 5.28. The molecule has 4 heteroatoms. The molecule has 1 aromatic carbocycles. The average molecular weight is 226 g/mol. The molecular weight excluding hydrogens is 208 g/mol. The molecule has 0 radical (unpaired) electrons. The van der Waals surface area contributed by atoms with Crippen LogP contribution in [0.2, 0.25) is 0 Å². The van der Waals surface area contributed by atoms with Crippen molar-refractivity contribution < 1.29 is 20.4 Å². The van der Waals surface area contributed by atoms with E-state index in [2.05, 4.69) is 0 Å². The lowest BCUT2D eigenvalue weighted by molar-refractivity contribution is 0.00379. The average Bonchev–Trinajstić information content (AvgIpc) is 2.29. The number of aliphatic hydroxyl groups is 4. The van der Waals surface area contributed by atoms with E-state index >= 15 is 0 Å². The molecule has 1 aromatic rings. The maximum atomic E-state index is 9.88. The smallest absolute Gasteiger partial charge is 0.105 e. The molecule has 16 heavy (non-hydrogen) atoms. The van der Waals surface area contributed by atoms with Crippen LogP contribution in [-0.4, -0.2) is 33.1 Å². The zero-order valence-corrected chi connectivity index (χ0v) is 9.30. The maximum absolute atomic E-state index is 9.88. The molecule has 2 unspecified atom stereocenters. The van der Waals surface area contributed by atoms with E-state index in [1.165, 1.54) is 0 Å². The largest absolute Gasteiger partial charge is 0.396 e. The van der Waals surface area contributed by atoms with Gasteiger partial charge in [-0.15, -0.1) is 0 Å². The SMILES string of the molecule is Cc1c(CO)cccc1C(O)C(O)CCO. The monoisotopic (exact) mass is 226 g/mol. The number of benzene rings is 1. The molecule has 0 spiro atoms. The van der Waals surface area contributed by atoms with Gasteiger partial charge in [-0.3, -0.25) is 0 Å². The molecule has 0 bridgehead atoms. The third-order valence-electron chi connectivity index (χ3n) is 2.77. The Balaban J connectivity index is 2.94. The third-order valence-corrected chi connectivity index (χ3v) is 2.77. The summed E-state index contributed by atoms with van der Waals surface area (Å²) in [6.45, 7) is 1.52. The van der Waals surface area contributed by atoms with Crippen molar-refractivity contribution in [3.63, 3.8) is 0 Å². The first-order chi connectivity index (χ1) is 7.61. The van der Waals surface area contributed by atoms with Gasteiger partial charge in [-0.05, 0) is 30.0 Å². The van der Waals surface area contributed by atoms with Gasteiger partial charge in [-0.2, -0.15) is 0 Å². The second-order valence-electron chi connectivity index (χ2n) is 3.81. The molecule has 0 amide bonds. The molecule has 2 atom stereocenters. The lowest BCUT2D eigenvalue weighted by Crippen LogP contribution is -2.20. The zero-order chi connectivity index (χ0) is 12.1.